The second kappa shape index (κ2) is 8.57. The summed E-state index contributed by atoms with van der Waals surface area (Å²) in [5.74, 6) is -0.290. The van der Waals surface area contributed by atoms with Gasteiger partial charge in [0, 0.05) is 17.3 Å². The van der Waals surface area contributed by atoms with Crippen LogP contribution in [0.4, 0.5) is 5.69 Å². The molecule has 7 heteroatoms. The van der Waals surface area contributed by atoms with Gasteiger partial charge in [-0.1, -0.05) is 35.3 Å². The van der Waals surface area contributed by atoms with Gasteiger partial charge >= 0.3 is 0 Å². The van der Waals surface area contributed by atoms with Crippen molar-refractivity contribution in [1.29, 1.82) is 0 Å². The lowest BCUT2D eigenvalue weighted by Gasteiger charge is -2.09. The molecule has 0 saturated heterocycles. The van der Waals surface area contributed by atoms with Gasteiger partial charge in [0.05, 0.1) is 12.1 Å². The Morgan fingerprint density at radius 1 is 1.04 bits per heavy atom. The molecule has 2 aromatic rings. The number of carbonyl (C=O) groups is 2. The molecular weight excluding hydrogens is 351 g/mol. The minimum absolute atomic E-state index is 0.281. The van der Waals surface area contributed by atoms with Gasteiger partial charge in [-0.05, 0) is 35.9 Å². The number of amides is 2. The molecule has 24 heavy (non-hydrogen) atoms. The Labute approximate surface area is 149 Å². The Balaban J connectivity index is 1.82. The predicted molar refractivity (Wildman–Crippen MR) is 94.5 cm³/mol. The van der Waals surface area contributed by atoms with Crippen molar-refractivity contribution >= 4 is 40.7 Å². The highest BCUT2D eigenvalue weighted by Gasteiger charge is 2.10. The third-order valence-corrected chi connectivity index (χ3v) is 3.71. The number of hydrogen-bond acceptors (Lipinski definition) is 3. The zero-order valence-electron chi connectivity index (χ0n) is 12.9. The summed E-state index contributed by atoms with van der Waals surface area (Å²) in [5, 5.41) is 6.29. The largest absolute Gasteiger partial charge is 0.495 e. The fraction of sp³-hybridized carbons (Fsp3) is 0.176. The lowest BCUT2D eigenvalue weighted by atomic mass is 10.2. The first kappa shape index (κ1) is 18.1. The molecule has 0 aliphatic rings. The number of nitrogens with one attached hydrogen (secondary N) is 2. The van der Waals surface area contributed by atoms with E-state index in [0.717, 1.165) is 5.56 Å². The van der Waals surface area contributed by atoms with Gasteiger partial charge < -0.3 is 15.4 Å². The molecule has 5 nitrogen and oxygen atoms in total. The number of hydrogen-bond donors (Lipinski definition) is 2. The lowest BCUT2D eigenvalue weighted by molar-refractivity contribution is -0.126. The second-order valence-electron chi connectivity index (χ2n) is 4.98. The Bertz CT molecular complexity index is 733. The Morgan fingerprint density at radius 3 is 2.38 bits per heavy atom. The maximum atomic E-state index is 11.9. The molecule has 0 aliphatic carbocycles. The van der Waals surface area contributed by atoms with Gasteiger partial charge in [0.1, 0.15) is 12.2 Å². The highest BCUT2D eigenvalue weighted by molar-refractivity contribution is 6.32. The maximum Gasteiger partial charge on any atom is 0.233 e. The van der Waals surface area contributed by atoms with Gasteiger partial charge in [0.2, 0.25) is 11.8 Å². The van der Waals surface area contributed by atoms with Crippen LogP contribution in [0, 0.1) is 0 Å². The zero-order chi connectivity index (χ0) is 17.5. The van der Waals surface area contributed by atoms with Crippen molar-refractivity contribution in [3.05, 3.63) is 58.1 Å². The van der Waals surface area contributed by atoms with E-state index in [0.29, 0.717) is 28.0 Å². The summed E-state index contributed by atoms with van der Waals surface area (Å²) in [5.41, 5.74) is 1.39. The first-order valence-corrected chi connectivity index (χ1v) is 7.88. The third kappa shape index (κ3) is 5.44. The molecule has 0 unspecified atom stereocenters. The van der Waals surface area contributed by atoms with Crippen LogP contribution >= 0.6 is 23.2 Å². The van der Waals surface area contributed by atoms with Crippen LogP contribution < -0.4 is 15.4 Å². The van der Waals surface area contributed by atoms with Crippen LogP contribution in [0.2, 0.25) is 10.0 Å². The number of carbonyl (C=O) groups excluding carboxylic acids is 2. The van der Waals surface area contributed by atoms with Crippen LogP contribution in [-0.4, -0.2) is 18.9 Å². The summed E-state index contributed by atoms with van der Waals surface area (Å²) in [7, 11) is 1.50. The molecule has 0 aromatic heterocycles. The normalized spacial score (nSPS) is 10.1. The van der Waals surface area contributed by atoms with Crippen LogP contribution in [0.15, 0.2) is 42.5 Å². The lowest BCUT2D eigenvalue weighted by Crippen LogP contribution is -2.27. The van der Waals surface area contributed by atoms with Gasteiger partial charge in [0.25, 0.3) is 0 Å². The van der Waals surface area contributed by atoms with Crippen molar-refractivity contribution in [1.82, 2.24) is 5.32 Å². The predicted octanol–water partition coefficient (Wildman–Crippen LogP) is 3.65. The van der Waals surface area contributed by atoms with Gasteiger partial charge in [-0.15, -0.1) is 0 Å². The maximum absolute atomic E-state index is 11.9. The molecule has 0 bridgehead atoms. The van der Waals surface area contributed by atoms with E-state index in [1.165, 1.54) is 7.11 Å². The zero-order valence-corrected chi connectivity index (χ0v) is 14.4. The molecule has 2 amide bonds. The van der Waals surface area contributed by atoms with E-state index in [-0.39, 0.29) is 12.3 Å². The summed E-state index contributed by atoms with van der Waals surface area (Å²) in [4.78, 5) is 23.7. The van der Waals surface area contributed by atoms with Crippen molar-refractivity contribution in [3.63, 3.8) is 0 Å². The standard InChI is InChI=1S/C17H16Cl2N2O3/c1-24-15-7-6-13(8-14(15)19)21-17(23)9-16(22)20-10-11-2-4-12(18)5-3-11/h2-8H,9-10H2,1H3,(H,20,22)(H,21,23). The summed E-state index contributed by atoms with van der Waals surface area (Å²) >= 11 is 11.8. The van der Waals surface area contributed by atoms with Crippen molar-refractivity contribution in [2.24, 2.45) is 0 Å². The molecule has 0 spiro atoms. The smallest absolute Gasteiger partial charge is 0.233 e. The summed E-state index contributed by atoms with van der Waals surface area (Å²) < 4.78 is 5.03. The number of halogens is 2. The molecule has 2 rings (SSSR count). The van der Waals surface area contributed by atoms with Gasteiger partial charge in [-0.2, -0.15) is 0 Å². The molecule has 2 aromatic carbocycles. The van der Waals surface area contributed by atoms with E-state index in [1.54, 1.807) is 30.3 Å². The topological polar surface area (TPSA) is 67.4 Å². The van der Waals surface area contributed by atoms with E-state index in [2.05, 4.69) is 10.6 Å². The number of ether oxygens (including phenoxy) is 1. The quantitative estimate of drug-likeness (QED) is 0.766. The van der Waals surface area contributed by atoms with Crippen LogP contribution in [0.3, 0.4) is 0 Å². The molecule has 0 heterocycles. The third-order valence-electron chi connectivity index (χ3n) is 3.16. The van der Waals surface area contributed by atoms with Gasteiger partial charge in [-0.3, -0.25) is 9.59 Å². The van der Waals surface area contributed by atoms with E-state index in [9.17, 15) is 9.59 Å². The monoisotopic (exact) mass is 366 g/mol. The number of benzene rings is 2. The van der Waals surface area contributed by atoms with Crippen LogP contribution in [0.25, 0.3) is 0 Å². The van der Waals surface area contributed by atoms with E-state index in [4.69, 9.17) is 27.9 Å². The molecule has 0 saturated carbocycles. The summed E-state index contributed by atoms with van der Waals surface area (Å²) in [6.45, 7) is 0.331. The van der Waals surface area contributed by atoms with Crippen LogP contribution in [0.5, 0.6) is 5.75 Å². The highest BCUT2D eigenvalue weighted by atomic mass is 35.5. The minimum Gasteiger partial charge on any atom is -0.495 e. The molecule has 0 aliphatic heterocycles. The van der Waals surface area contributed by atoms with Crippen molar-refractivity contribution in [2.45, 2.75) is 13.0 Å². The molecule has 2 N–H and O–H groups in total. The first-order chi connectivity index (χ1) is 11.5. The van der Waals surface area contributed by atoms with Crippen molar-refractivity contribution in [3.8, 4) is 5.75 Å². The fourth-order valence-electron chi connectivity index (χ4n) is 1.96. The van der Waals surface area contributed by atoms with Gasteiger partial charge in [-0.25, -0.2) is 0 Å². The minimum atomic E-state index is -0.426. The fourth-order valence-corrected chi connectivity index (χ4v) is 2.34. The van der Waals surface area contributed by atoms with E-state index < -0.39 is 5.91 Å². The summed E-state index contributed by atoms with van der Waals surface area (Å²) in [6, 6.07) is 11.9. The molecule has 0 fully saturated rings. The average Bonchev–Trinajstić information content (AvgIpc) is 2.54. The van der Waals surface area contributed by atoms with E-state index >= 15 is 0 Å². The highest BCUT2D eigenvalue weighted by Crippen LogP contribution is 2.27. The second-order valence-corrected chi connectivity index (χ2v) is 5.82. The van der Waals surface area contributed by atoms with Crippen molar-refractivity contribution in [2.75, 3.05) is 12.4 Å². The summed E-state index contributed by atoms with van der Waals surface area (Å²) in [6.07, 6.45) is -0.281. The van der Waals surface area contributed by atoms with Crippen LogP contribution in [0.1, 0.15) is 12.0 Å². The van der Waals surface area contributed by atoms with Crippen molar-refractivity contribution < 1.29 is 14.3 Å². The Kier molecular flexibility index (Phi) is 6.46. The van der Waals surface area contributed by atoms with Crippen LogP contribution in [-0.2, 0) is 16.1 Å². The molecule has 0 atom stereocenters. The molecule has 126 valence electrons. The number of rotatable bonds is 6. The molecular formula is C17H16Cl2N2O3. The van der Waals surface area contributed by atoms with E-state index in [1.807, 2.05) is 12.1 Å². The van der Waals surface area contributed by atoms with Gasteiger partial charge in [0.15, 0.2) is 0 Å². The average molecular weight is 367 g/mol. The number of anilines is 1. The first-order valence-electron chi connectivity index (χ1n) is 7.12. The Morgan fingerprint density at radius 2 is 1.75 bits per heavy atom. The SMILES string of the molecule is COc1ccc(NC(=O)CC(=O)NCc2ccc(Cl)cc2)cc1Cl. The number of methoxy groups -OCH3 is 1. The molecule has 0 radical (unpaired) electrons. The Hall–Kier alpha value is -2.24.